The van der Waals surface area contributed by atoms with E-state index >= 15 is 0 Å². The van der Waals surface area contributed by atoms with E-state index in [0.29, 0.717) is 5.56 Å². The molecule has 0 aliphatic heterocycles. The van der Waals surface area contributed by atoms with Gasteiger partial charge in [0.2, 0.25) is 0 Å². The number of rotatable bonds is 1. The Morgan fingerprint density at radius 2 is 1.68 bits per heavy atom. The van der Waals surface area contributed by atoms with Crippen LogP contribution in [0, 0.1) is 45.6 Å². The Kier molecular flexibility index (Phi) is 4.89. The molecule has 0 saturated carbocycles. The number of fused-ring (bicyclic) bond motifs is 1. The van der Waals surface area contributed by atoms with Gasteiger partial charge in [0.1, 0.15) is 0 Å². The van der Waals surface area contributed by atoms with E-state index in [9.17, 15) is 10.1 Å². The van der Waals surface area contributed by atoms with E-state index in [1.807, 2.05) is 0 Å². The topological polar surface area (TPSA) is 48.1 Å². The minimum Gasteiger partial charge on any atom is -0.341 e. The highest BCUT2D eigenvalue weighted by atomic mass is 16.6. The van der Waals surface area contributed by atoms with Crippen LogP contribution in [0.5, 0.6) is 0 Å². The lowest BCUT2D eigenvalue weighted by Gasteiger charge is -2.12. The Bertz CT molecular complexity index is 994. The Balaban J connectivity index is 1.68. The van der Waals surface area contributed by atoms with Crippen molar-refractivity contribution < 1.29 is 4.92 Å². The highest BCUT2D eigenvalue weighted by molar-refractivity contribution is 5.47. The van der Waals surface area contributed by atoms with Crippen LogP contribution in [0.4, 0.5) is 5.69 Å². The van der Waals surface area contributed by atoms with Gasteiger partial charge >= 0.3 is 0 Å². The lowest BCUT2D eigenvalue weighted by Crippen LogP contribution is -2.05. The Labute approximate surface area is 147 Å². The summed E-state index contributed by atoms with van der Waals surface area (Å²) in [5.74, 6) is 16.9. The van der Waals surface area contributed by atoms with Gasteiger partial charge in [-0.05, 0) is 79.0 Å². The van der Waals surface area contributed by atoms with Gasteiger partial charge in [-0.15, -0.1) is 0 Å². The second-order valence-electron chi connectivity index (χ2n) is 5.82. The van der Waals surface area contributed by atoms with E-state index in [4.69, 9.17) is 0 Å². The van der Waals surface area contributed by atoms with E-state index in [1.54, 1.807) is 12.1 Å². The summed E-state index contributed by atoms with van der Waals surface area (Å²) >= 11 is 0. The molecule has 1 aliphatic carbocycles. The average molecular weight is 328 g/mol. The Morgan fingerprint density at radius 3 is 2.36 bits per heavy atom. The summed E-state index contributed by atoms with van der Waals surface area (Å²) in [6, 6.07) is 8.22. The molecule has 1 heterocycles. The highest BCUT2D eigenvalue weighted by Crippen LogP contribution is 2.23. The molecule has 0 atom stereocenters. The minimum absolute atomic E-state index is 0.0489. The van der Waals surface area contributed by atoms with Crippen molar-refractivity contribution in [2.75, 3.05) is 0 Å². The molecule has 1 aromatic heterocycles. The Morgan fingerprint density at radius 1 is 1.00 bits per heavy atom. The predicted octanol–water partition coefficient (Wildman–Crippen LogP) is 3.22. The van der Waals surface area contributed by atoms with Crippen LogP contribution in [0.3, 0.4) is 0 Å². The molecule has 1 aliphatic rings. The number of nitro groups is 1. The van der Waals surface area contributed by atoms with Crippen LogP contribution in [0.15, 0.2) is 30.3 Å². The fourth-order valence-electron chi connectivity index (χ4n) is 2.91. The standard InChI is InChI=1S/C21H16N2O2/c1-22-20(16-18-9-6-7-11-21(18)22)10-5-3-2-4-8-17-12-14-19(15-13-17)23(24)25/h12-16H,6-7,9,11H2,1H3. The molecule has 25 heavy (non-hydrogen) atoms. The molecule has 0 saturated heterocycles. The van der Waals surface area contributed by atoms with Crippen molar-refractivity contribution in [2.24, 2.45) is 7.05 Å². The van der Waals surface area contributed by atoms with Crippen molar-refractivity contribution in [2.45, 2.75) is 25.7 Å². The van der Waals surface area contributed by atoms with Gasteiger partial charge in [-0.1, -0.05) is 5.92 Å². The van der Waals surface area contributed by atoms with Crippen molar-refractivity contribution in [3.8, 4) is 35.5 Å². The summed E-state index contributed by atoms with van der Waals surface area (Å²) in [5, 5.41) is 10.6. The third-order valence-electron chi connectivity index (χ3n) is 4.22. The van der Waals surface area contributed by atoms with Crippen LogP contribution in [-0.2, 0) is 19.9 Å². The maximum atomic E-state index is 10.6. The number of hydrogen-bond donors (Lipinski definition) is 0. The molecule has 4 nitrogen and oxygen atoms in total. The number of hydrogen-bond acceptors (Lipinski definition) is 2. The van der Waals surface area contributed by atoms with Gasteiger partial charge in [-0.25, -0.2) is 0 Å². The quantitative estimate of drug-likeness (QED) is 0.458. The largest absolute Gasteiger partial charge is 0.341 e. The number of benzene rings is 1. The molecule has 0 bridgehead atoms. The molecular weight excluding hydrogens is 312 g/mol. The van der Waals surface area contributed by atoms with Crippen LogP contribution in [0.25, 0.3) is 0 Å². The van der Waals surface area contributed by atoms with Crippen molar-refractivity contribution in [1.82, 2.24) is 4.57 Å². The molecule has 0 amide bonds. The van der Waals surface area contributed by atoms with Crippen molar-refractivity contribution >= 4 is 5.69 Å². The molecule has 2 aromatic rings. The first kappa shape index (κ1) is 16.4. The lowest BCUT2D eigenvalue weighted by atomic mass is 9.98. The number of aryl methyl sites for hydroxylation is 1. The number of nitro benzene ring substituents is 1. The number of nitrogens with zero attached hydrogens (tertiary/aromatic N) is 2. The molecular formula is C21H16N2O2. The Hall–Kier alpha value is -3.42. The molecule has 0 spiro atoms. The highest BCUT2D eigenvalue weighted by Gasteiger charge is 2.14. The molecule has 0 radical (unpaired) electrons. The second kappa shape index (κ2) is 7.43. The van der Waals surface area contributed by atoms with E-state index in [-0.39, 0.29) is 5.69 Å². The molecule has 1 aromatic carbocycles. The zero-order chi connectivity index (χ0) is 17.6. The second-order valence-corrected chi connectivity index (χ2v) is 5.82. The fourth-order valence-corrected chi connectivity index (χ4v) is 2.91. The fraction of sp³-hybridized carbons (Fsp3) is 0.238. The maximum Gasteiger partial charge on any atom is 0.269 e. The van der Waals surface area contributed by atoms with Gasteiger partial charge in [0.25, 0.3) is 5.69 Å². The molecule has 4 heteroatoms. The number of non-ortho nitro benzene ring substituents is 1. The van der Waals surface area contributed by atoms with Crippen LogP contribution >= 0.6 is 0 Å². The zero-order valence-corrected chi connectivity index (χ0v) is 13.9. The van der Waals surface area contributed by atoms with Crippen molar-refractivity contribution in [3.63, 3.8) is 0 Å². The van der Waals surface area contributed by atoms with Gasteiger partial charge in [0, 0.05) is 30.4 Å². The third kappa shape index (κ3) is 3.92. The normalized spacial score (nSPS) is 11.7. The van der Waals surface area contributed by atoms with Gasteiger partial charge in [0.05, 0.1) is 10.6 Å². The summed E-state index contributed by atoms with van der Waals surface area (Å²) < 4.78 is 2.16. The van der Waals surface area contributed by atoms with Gasteiger partial charge in [0.15, 0.2) is 0 Å². The molecule has 0 unspecified atom stereocenters. The zero-order valence-electron chi connectivity index (χ0n) is 13.9. The van der Waals surface area contributed by atoms with E-state index < -0.39 is 4.92 Å². The summed E-state index contributed by atoms with van der Waals surface area (Å²) in [6.45, 7) is 0. The predicted molar refractivity (Wildman–Crippen MR) is 96.7 cm³/mol. The van der Waals surface area contributed by atoms with E-state index in [0.717, 1.165) is 18.5 Å². The summed E-state index contributed by atoms with van der Waals surface area (Å²) in [6.07, 6.45) is 4.76. The first-order valence-corrected chi connectivity index (χ1v) is 8.09. The first-order valence-electron chi connectivity index (χ1n) is 8.09. The molecule has 3 rings (SSSR count). The number of aromatic nitrogens is 1. The lowest BCUT2D eigenvalue weighted by molar-refractivity contribution is -0.384. The molecule has 122 valence electrons. The average Bonchev–Trinajstić information content (AvgIpc) is 2.95. The molecule has 0 N–H and O–H groups in total. The van der Waals surface area contributed by atoms with Crippen LogP contribution in [0.2, 0.25) is 0 Å². The van der Waals surface area contributed by atoms with Gasteiger partial charge in [-0.2, -0.15) is 0 Å². The van der Waals surface area contributed by atoms with Crippen LogP contribution in [-0.4, -0.2) is 9.49 Å². The first-order chi connectivity index (χ1) is 12.1. The van der Waals surface area contributed by atoms with Crippen LogP contribution in [0.1, 0.15) is 35.4 Å². The van der Waals surface area contributed by atoms with Crippen molar-refractivity contribution in [3.05, 3.63) is 63.0 Å². The van der Waals surface area contributed by atoms with E-state index in [1.165, 1.54) is 36.2 Å². The minimum atomic E-state index is -0.436. The molecule has 0 fully saturated rings. The monoisotopic (exact) mass is 328 g/mol. The van der Waals surface area contributed by atoms with Crippen molar-refractivity contribution in [1.29, 1.82) is 0 Å². The third-order valence-corrected chi connectivity index (χ3v) is 4.22. The SMILES string of the molecule is Cn1c(C#CC#CC#Cc2ccc([N+](=O)[O-])cc2)cc2c1CCCC2. The summed E-state index contributed by atoms with van der Waals surface area (Å²) in [5.41, 5.74) is 4.52. The van der Waals surface area contributed by atoms with Crippen LogP contribution < -0.4 is 0 Å². The van der Waals surface area contributed by atoms with E-state index in [2.05, 4.69) is 53.2 Å². The maximum absolute atomic E-state index is 10.6. The van der Waals surface area contributed by atoms with Gasteiger partial charge < -0.3 is 4.57 Å². The smallest absolute Gasteiger partial charge is 0.269 e. The van der Waals surface area contributed by atoms with Gasteiger partial charge in [-0.3, -0.25) is 10.1 Å². The summed E-state index contributed by atoms with van der Waals surface area (Å²) in [4.78, 5) is 10.1. The summed E-state index contributed by atoms with van der Waals surface area (Å²) in [7, 11) is 2.05.